The summed E-state index contributed by atoms with van der Waals surface area (Å²) in [5.41, 5.74) is 0. The Morgan fingerprint density at radius 2 is 0.721 bits per heavy atom. The molecular formula is C77H137NO8. The smallest absolute Gasteiger partial charge is 0.220 e. The van der Waals surface area contributed by atoms with Gasteiger partial charge in [0.05, 0.1) is 25.4 Å². The highest BCUT2D eigenvalue weighted by atomic mass is 16.7. The van der Waals surface area contributed by atoms with Gasteiger partial charge < -0.3 is 40.3 Å². The standard InChI is InChI=1S/C77H137NO8/c1-3-5-7-9-11-13-15-17-19-21-23-25-27-28-29-30-31-32-33-34-35-36-37-38-39-40-41-42-43-44-45-47-49-51-53-55-57-59-61-63-65-67-73(81)78-70(69-85-77-76(84)75(83)74(82)72(68-79)86-77)71(80)66-64-62-60-58-56-54-52-50-48-46-26-24-22-20-18-16-14-12-10-8-6-4-2/h5,7,11,13,17,19,23,25,28-29,31-32,34-35,37-38,70-72,74-77,79-80,82-84H,3-4,6,8-10,12,14-16,18,20-22,24,26-27,30,33,36,39-69H2,1-2H3,(H,78,81)/b7-5-,13-11-,19-17-,25-23-,29-28-,32-31-,35-34-,38-37-. The van der Waals surface area contributed by atoms with Crippen LogP contribution in [0.2, 0.25) is 0 Å². The molecule has 1 saturated heterocycles. The van der Waals surface area contributed by atoms with Gasteiger partial charge in [0.15, 0.2) is 6.29 Å². The van der Waals surface area contributed by atoms with Gasteiger partial charge in [0.1, 0.15) is 24.4 Å². The van der Waals surface area contributed by atoms with E-state index in [0.717, 1.165) is 89.9 Å². The Kier molecular flexibility index (Phi) is 61.4. The molecule has 7 atom stereocenters. The number of ether oxygens (including phenoxy) is 2. The lowest BCUT2D eigenvalue weighted by molar-refractivity contribution is -0.302. The highest BCUT2D eigenvalue weighted by Crippen LogP contribution is 2.24. The number of aliphatic hydroxyl groups excluding tert-OH is 5. The summed E-state index contributed by atoms with van der Waals surface area (Å²) in [6, 6.07) is -0.724. The summed E-state index contributed by atoms with van der Waals surface area (Å²) in [7, 11) is 0. The van der Waals surface area contributed by atoms with Crippen LogP contribution in [0.25, 0.3) is 0 Å². The number of nitrogens with one attached hydrogen (secondary N) is 1. The average molecular weight is 1200 g/mol. The van der Waals surface area contributed by atoms with Crippen LogP contribution in [-0.2, 0) is 14.3 Å². The number of carbonyl (C=O) groups excluding carboxylic acids is 1. The maximum Gasteiger partial charge on any atom is 0.220 e. The van der Waals surface area contributed by atoms with Crippen LogP contribution in [0.4, 0.5) is 0 Å². The van der Waals surface area contributed by atoms with Gasteiger partial charge in [-0.3, -0.25) is 4.79 Å². The fraction of sp³-hybridized carbons (Fsp3) is 0.779. The summed E-state index contributed by atoms with van der Waals surface area (Å²) < 4.78 is 11.4. The van der Waals surface area contributed by atoms with E-state index in [0.29, 0.717) is 12.8 Å². The van der Waals surface area contributed by atoms with Gasteiger partial charge >= 0.3 is 0 Å². The van der Waals surface area contributed by atoms with E-state index >= 15 is 0 Å². The molecule has 498 valence electrons. The minimum absolute atomic E-state index is 0.138. The van der Waals surface area contributed by atoms with E-state index in [9.17, 15) is 30.3 Å². The summed E-state index contributed by atoms with van der Waals surface area (Å²) in [6.07, 6.45) is 87.6. The Bertz CT molecular complexity index is 1680. The van der Waals surface area contributed by atoms with Gasteiger partial charge in [-0.1, -0.05) is 342 Å². The van der Waals surface area contributed by atoms with E-state index in [-0.39, 0.29) is 12.5 Å². The normalized spacial score (nSPS) is 18.6. The first-order chi connectivity index (χ1) is 42.3. The number of allylic oxidation sites excluding steroid dienone is 16. The molecule has 6 N–H and O–H groups in total. The van der Waals surface area contributed by atoms with E-state index < -0.39 is 49.5 Å². The van der Waals surface area contributed by atoms with Crippen molar-refractivity contribution in [3.05, 3.63) is 97.2 Å². The topological polar surface area (TPSA) is 149 Å². The molecule has 1 aliphatic heterocycles. The molecule has 1 aliphatic rings. The second kappa shape index (κ2) is 65.1. The molecule has 1 amide bonds. The first-order valence-electron chi connectivity index (χ1n) is 36.4. The summed E-state index contributed by atoms with van der Waals surface area (Å²) in [4.78, 5) is 13.2. The molecule has 86 heavy (non-hydrogen) atoms. The highest BCUT2D eigenvalue weighted by molar-refractivity contribution is 5.76. The van der Waals surface area contributed by atoms with Gasteiger partial charge in [-0.05, 0) is 77.0 Å². The predicted octanol–water partition coefficient (Wildman–Crippen LogP) is 20.3. The summed E-state index contributed by atoms with van der Waals surface area (Å²) in [5.74, 6) is -0.142. The Morgan fingerprint density at radius 3 is 1.07 bits per heavy atom. The molecule has 1 heterocycles. The molecule has 0 aromatic rings. The molecule has 1 fully saturated rings. The molecule has 0 bridgehead atoms. The molecule has 0 saturated carbocycles. The van der Waals surface area contributed by atoms with Gasteiger partial charge in [0, 0.05) is 6.42 Å². The van der Waals surface area contributed by atoms with Crippen molar-refractivity contribution in [2.24, 2.45) is 0 Å². The SMILES string of the molecule is CC/C=C\C/C=C\C/C=C\C/C=C\C/C=C\C/C=C\C/C=C\C/C=C\CCCCCCCCCCCCCCCCCCC(=O)NC(COC1OC(CO)C(O)C(O)C1O)C(O)CCCCCCCCCCCCCCCCCCCCCCCC. The quantitative estimate of drug-likeness (QED) is 0.0261. The van der Waals surface area contributed by atoms with Crippen molar-refractivity contribution in [3.63, 3.8) is 0 Å². The summed E-state index contributed by atoms with van der Waals surface area (Å²) >= 11 is 0. The Labute approximate surface area is 530 Å². The third-order valence-electron chi connectivity index (χ3n) is 17.0. The minimum Gasteiger partial charge on any atom is -0.394 e. The molecule has 0 aromatic carbocycles. The molecule has 0 aromatic heterocycles. The van der Waals surface area contributed by atoms with Gasteiger partial charge in [-0.25, -0.2) is 0 Å². The van der Waals surface area contributed by atoms with Crippen molar-refractivity contribution in [1.29, 1.82) is 0 Å². The molecule has 0 aliphatic carbocycles. The Morgan fingerprint density at radius 1 is 0.407 bits per heavy atom. The van der Waals surface area contributed by atoms with E-state index in [1.807, 2.05) is 0 Å². The van der Waals surface area contributed by atoms with Gasteiger partial charge in [0.25, 0.3) is 0 Å². The maximum absolute atomic E-state index is 13.2. The zero-order chi connectivity index (χ0) is 62.1. The van der Waals surface area contributed by atoms with E-state index in [2.05, 4.69) is 116 Å². The second-order valence-electron chi connectivity index (χ2n) is 25.0. The lowest BCUT2D eigenvalue weighted by Crippen LogP contribution is -2.60. The third-order valence-corrected chi connectivity index (χ3v) is 17.0. The van der Waals surface area contributed by atoms with Crippen LogP contribution in [0.3, 0.4) is 0 Å². The van der Waals surface area contributed by atoms with Crippen LogP contribution in [0, 0.1) is 0 Å². The van der Waals surface area contributed by atoms with Crippen molar-refractivity contribution in [1.82, 2.24) is 5.32 Å². The van der Waals surface area contributed by atoms with Gasteiger partial charge in [-0.2, -0.15) is 0 Å². The number of rotatable bonds is 63. The molecular weight excluding hydrogens is 1070 g/mol. The molecule has 0 radical (unpaired) electrons. The van der Waals surface area contributed by atoms with E-state index in [1.165, 1.54) is 212 Å². The van der Waals surface area contributed by atoms with Crippen LogP contribution in [0.1, 0.15) is 328 Å². The number of aliphatic hydroxyl groups is 5. The molecule has 9 heteroatoms. The molecule has 7 unspecified atom stereocenters. The van der Waals surface area contributed by atoms with Crippen LogP contribution < -0.4 is 5.32 Å². The first-order valence-corrected chi connectivity index (χ1v) is 36.4. The van der Waals surface area contributed by atoms with Gasteiger partial charge in [-0.15, -0.1) is 0 Å². The fourth-order valence-corrected chi connectivity index (χ4v) is 11.3. The Hall–Kier alpha value is -2.89. The molecule has 9 nitrogen and oxygen atoms in total. The van der Waals surface area contributed by atoms with Crippen LogP contribution >= 0.6 is 0 Å². The lowest BCUT2D eigenvalue weighted by atomic mass is 9.99. The largest absolute Gasteiger partial charge is 0.394 e. The van der Waals surface area contributed by atoms with E-state index in [4.69, 9.17) is 9.47 Å². The minimum atomic E-state index is -1.56. The van der Waals surface area contributed by atoms with Gasteiger partial charge in [0.2, 0.25) is 5.91 Å². The van der Waals surface area contributed by atoms with Crippen molar-refractivity contribution in [2.45, 2.75) is 371 Å². The van der Waals surface area contributed by atoms with Crippen molar-refractivity contribution >= 4 is 5.91 Å². The van der Waals surface area contributed by atoms with Crippen LogP contribution in [-0.4, -0.2) is 87.5 Å². The summed E-state index contributed by atoms with van der Waals surface area (Å²) in [6.45, 7) is 3.76. The number of unbranched alkanes of at least 4 members (excludes halogenated alkanes) is 37. The number of carbonyl (C=O) groups is 1. The van der Waals surface area contributed by atoms with Crippen molar-refractivity contribution in [2.75, 3.05) is 13.2 Å². The van der Waals surface area contributed by atoms with Crippen LogP contribution in [0.15, 0.2) is 97.2 Å². The molecule has 1 rings (SSSR count). The predicted molar refractivity (Wildman–Crippen MR) is 368 cm³/mol. The summed E-state index contributed by atoms with van der Waals surface area (Å²) in [5, 5.41) is 55.0. The number of hydrogen-bond acceptors (Lipinski definition) is 8. The van der Waals surface area contributed by atoms with Crippen molar-refractivity contribution < 1.29 is 39.8 Å². The lowest BCUT2D eigenvalue weighted by Gasteiger charge is -2.40. The maximum atomic E-state index is 13.2. The number of hydrogen-bond donors (Lipinski definition) is 6. The van der Waals surface area contributed by atoms with Crippen molar-refractivity contribution in [3.8, 4) is 0 Å². The monoisotopic (exact) mass is 1200 g/mol. The highest BCUT2D eigenvalue weighted by Gasteiger charge is 2.44. The zero-order valence-electron chi connectivity index (χ0n) is 55.8. The zero-order valence-corrected chi connectivity index (χ0v) is 55.8. The van der Waals surface area contributed by atoms with E-state index in [1.54, 1.807) is 0 Å². The number of amides is 1. The fourth-order valence-electron chi connectivity index (χ4n) is 11.3. The first kappa shape index (κ1) is 81.1. The second-order valence-corrected chi connectivity index (χ2v) is 25.0. The van der Waals surface area contributed by atoms with Crippen LogP contribution in [0.5, 0.6) is 0 Å². The molecule has 0 spiro atoms. The third kappa shape index (κ3) is 53.0. The average Bonchev–Trinajstić information content (AvgIpc) is 2.36. The Balaban J connectivity index is 2.08.